The Labute approximate surface area is 150 Å². The van der Waals surface area contributed by atoms with Crippen molar-refractivity contribution in [2.24, 2.45) is 0 Å². The normalized spacial score (nSPS) is 16.6. The fourth-order valence-corrected chi connectivity index (χ4v) is 3.47. The number of halogens is 4. The van der Waals surface area contributed by atoms with Gasteiger partial charge in [-0.1, -0.05) is 0 Å². The van der Waals surface area contributed by atoms with E-state index in [1.165, 1.54) is 30.3 Å². The number of hydrogen-bond donors (Lipinski definition) is 2. The molecule has 136 valence electrons. The molecule has 0 aliphatic carbocycles. The molecule has 0 spiro atoms. The fourth-order valence-electron chi connectivity index (χ4n) is 2.37. The predicted molar refractivity (Wildman–Crippen MR) is 89.4 cm³/mol. The molecule has 1 atom stereocenters. The summed E-state index contributed by atoms with van der Waals surface area (Å²) >= 11 is 1.03. The fraction of sp³-hybridized carbons (Fsp3) is 0.176. The molecule has 26 heavy (non-hydrogen) atoms. The van der Waals surface area contributed by atoms with E-state index in [2.05, 4.69) is 10.6 Å². The maximum atomic E-state index is 12.9. The maximum Gasteiger partial charge on any atom is 0.416 e. The van der Waals surface area contributed by atoms with Crippen molar-refractivity contribution in [1.82, 2.24) is 0 Å². The molecular formula is C17H12F4N2O2S. The molecule has 0 aromatic heterocycles. The Kier molecular flexibility index (Phi) is 4.90. The summed E-state index contributed by atoms with van der Waals surface area (Å²) in [5.74, 6) is -1.45. The van der Waals surface area contributed by atoms with Crippen molar-refractivity contribution in [3.63, 3.8) is 0 Å². The predicted octanol–water partition coefficient (Wildman–Crippen LogP) is 4.29. The Hall–Kier alpha value is -2.55. The van der Waals surface area contributed by atoms with Gasteiger partial charge in [0.2, 0.25) is 11.8 Å². The molecule has 0 bridgehead atoms. The third-order valence-electron chi connectivity index (χ3n) is 3.63. The van der Waals surface area contributed by atoms with Crippen LogP contribution in [0, 0.1) is 5.82 Å². The number of nitrogens with one attached hydrogen (secondary N) is 2. The Balaban J connectivity index is 1.68. The molecular weight excluding hydrogens is 372 g/mol. The number of anilines is 2. The highest BCUT2D eigenvalue weighted by atomic mass is 32.2. The minimum absolute atomic E-state index is 0.0741. The summed E-state index contributed by atoms with van der Waals surface area (Å²) in [4.78, 5) is 24.6. The standard InChI is InChI=1S/C17H12F4N2O2S/c18-10-2-4-11(5-3-10)22-15(24)8-14-16(25)23-12-7-9(17(19,20)21)1-6-13(12)26-14/h1-7,14H,8H2,(H,22,24)(H,23,25). The lowest BCUT2D eigenvalue weighted by molar-refractivity contribution is -0.137. The molecule has 4 nitrogen and oxygen atoms in total. The summed E-state index contributed by atoms with van der Waals surface area (Å²) in [6.07, 6.45) is -4.68. The van der Waals surface area contributed by atoms with Crippen LogP contribution in [0.2, 0.25) is 0 Å². The van der Waals surface area contributed by atoms with E-state index < -0.39 is 34.6 Å². The number of carbonyl (C=O) groups is 2. The molecule has 3 rings (SSSR count). The van der Waals surface area contributed by atoms with Crippen molar-refractivity contribution >= 4 is 35.0 Å². The first-order chi connectivity index (χ1) is 12.2. The van der Waals surface area contributed by atoms with Crippen LogP contribution in [-0.4, -0.2) is 17.1 Å². The van der Waals surface area contributed by atoms with Gasteiger partial charge < -0.3 is 10.6 Å². The van der Waals surface area contributed by atoms with Gasteiger partial charge in [-0.15, -0.1) is 11.8 Å². The van der Waals surface area contributed by atoms with E-state index in [-0.39, 0.29) is 12.1 Å². The average molecular weight is 384 g/mol. The molecule has 1 aliphatic rings. The van der Waals surface area contributed by atoms with Gasteiger partial charge >= 0.3 is 6.18 Å². The number of thioether (sulfide) groups is 1. The number of amides is 2. The zero-order chi connectivity index (χ0) is 18.9. The summed E-state index contributed by atoms with van der Waals surface area (Å²) in [6, 6.07) is 8.21. The van der Waals surface area contributed by atoms with E-state index in [0.29, 0.717) is 10.6 Å². The Bertz CT molecular complexity index is 853. The van der Waals surface area contributed by atoms with Crippen LogP contribution >= 0.6 is 11.8 Å². The minimum Gasteiger partial charge on any atom is -0.326 e. The van der Waals surface area contributed by atoms with Gasteiger partial charge in [-0.05, 0) is 42.5 Å². The van der Waals surface area contributed by atoms with Crippen molar-refractivity contribution in [3.8, 4) is 0 Å². The number of fused-ring (bicyclic) bond motifs is 1. The van der Waals surface area contributed by atoms with Crippen LogP contribution in [0.3, 0.4) is 0 Å². The highest BCUT2D eigenvalue weighted by molar-refractivity contribution is 8.01. The largest absolute Gasteiger partial charge is 0.416 e. The maximum absolute atomic E-state index is 12.9. The number of carbonyl (C=O) groups excluding carboxylic acids is 2. The topological polar surface area (TPSA) is 58.2 Å². The van der Waals surface area contributed by atoms with Crippen molar-refractivity contribution in [1.29, 1.82) is 0 Å². The van der Waals surface area contributed by atoms with E-state index in [1.54, 1.807) is 0 Å². The van der Waals surface area contributed by atoms with Crippen LogP contribution in [0.25, 0.3) is 0 Å². The third-order valence-corrected chi connectivity index (χ3v) is 4.90. The molecule has 2 aromatic rings. The summed E-state index contributed by atoms with van der Waals surface area (Å²) in [7, 11) is 0. The van der Waals surface area contributed by atoms with E-state index in [1.807, 2.05) is 0 Å². The van der Waals surface area contributed by atoms with Gasteiger partial charge in [-0.2, -0.15) is 13.2 Å². The summed E-state index contributed by atoms with van der Waals surface area (Å²) < 4.78 is 51.1. The first-order valence-electron chi connectivity index (χ1n) is 7.46. The average Bonchev–Trinajstić information content (AvgIpc) is 2.56. The number of rotatable bonds is 3. The number of benzene rings is 2. The molecule has 0 saturated carbocycles. The van der Waals surface area contributed by atoms with E-state index >= 15 is 0 Å². The van der Waals surface area contributed by atoms with Crippen molar-refractivity contribution < 1.29 is 27.2 Å². The van der Waals surface area contributed by atoms with Crippen molar-refractivity contribution in [3.05, 3.63) is 53.8 Å². The highest BCUT2D eigenvalue weighted by Gasteiger charge is 2.34. The first kappa shape index (κ1) is 18.2. The zero-order valence-electron chi connectivity index (χ0n) is 13.1. The highest BCUT2D eigenvalue weighted by Crippen LogP contribution is 2.40. The molecule has 0 radical (unpaired) electrons. The molecule has 0 fully saturated rings. The number of alkyl halides is 3. The van der Waals surface area contributed by atoms with Gasteiger partial charge in [0, 0.05) is 17.0 Å². The van der Waals surface area contributed by atoms with Gasteiger partial charge in [0.15, 0.2) is 0 Å². The molecule has 1 aliphatic heterocycles. The van der Waals surface area contributed by atoms with Crippen LogP contribution < -0.4 is 10.6 Å². The van der Waals surface area contributed by atoms with E-state index in [4.69, 9.17) is 0 Å². The lowest BCUT2D eigenvalue weighted by Gasteiger charge is -2.24. The Morgan fingerprint density at radius 1 is 1.15 bits per heavy atom. The lowest BCUT2D eigenvalue weighted by Crippen LogP contribution is -2.32. The van der Waals surface area contributed by atoms with Crippen molar-refractivity contribution in [2.75, 3.05) is 10.6 Å². The third kappa shape index (κ3) is 4.16. The monoisotopic (exact) mass is 384 g/mol. The second-order valence-electron chi connectivity index (χ2n) is 5.56. The van der Waals surface area contributed by atoms with Gasteiger partial charge in [0.05, 0.1) is 16.5 Å². The molecule has 2 aromatic carbocycles. The van der Waals surface area contributed by atoms with Gasteiger partial charge in [0.25, 0.3) is 0 Å². The molecule has 2 N–H and O–H groups in total. The van der Waals surface area contributed by atoms with Crippen LogP contribution in [-0.2, 0) is 15.8 Å². The van der Waals surface area contributed by atoms with E-state index in [9.17, 15) is 27.2 Å². The molecule has 9 heteroatoms. The minimum atomic E-state index is -4.50. The van der Waals surface area contributed by atoms with Crippen LogP contribution in [0.15, 0.2) is 47.4 Å². The van der Waals surface area contributed by atoms with Crippen LogP contribution in [0.4, 0.5) is 28.9 Å². The van der Waals surface area contributed by atoms with Crippen molar-refractivity contribution in [2.45, 2.75) is 22.7 Å². The Morgan fingerprint density at radius 3 is 2.50 bits per heavy atom. The molecule has 0 saturated heterocycles. The zero-order valence-corrected chi connectivity index (χ0v) is 13.9. The van der Waals surface area contributed by atoms with Crippen LogP contribution in [0.1, 0.15) is 12.0 Å². The summed E-state index contributed by atoms with van der Waals surface area (Å²) in [6.45, 7) is 0. The smallest absolute Gasteiger partial charge is 0.326 e. The summed E-state index contributed by atoms with van der Waals surface area (Å²) in [5.41, 5.74) is -0.400. The first-order valence-corrected chi connectivity index (χ1v) is 8.34. The summed E-state index contributed by atoms with van der Waals surface area (Å²) in [5, 5.41) is 4.17. The van der Waals surface area contributed by atoms with Gasteiger partial charge in [-0.25, -0.2) is 4.39 Å². The van der Waals surface area contributed by atoms with Gasteiger partial charge in [-0.3, -0.25) is 9.59 Å². The van der Waals surface area contributed by atoms with E-state index in [0.717, 1.165) is 23.9 Å². The molecule has 1 heterocycles. The second-order valence-corrected chi connectivity index (χ2v) is 6.81. The van der Waals surface area contributed by atoms with Crippen LogP contribution in [0.5, 0.6) is 0 Å². The number of hydrogen-bond acceptors (Lipinski definition) is 3. The Morgan fingerprint density at radius 2 is 1.85 bits per heavy atom. The molecule has 2 amide bonds. The quantitative estimate of drug-likeness (QED) is 0.777. The SMILES string of the molecule is O=C(CC1Sc2ccc(C(F)(F)F)cc2NC1=O)Nc1ccc(F)cc1. The lowest BCUT2D eigenvalue weighted by atomic mass is 10.1. The molecule has 1 unspecified atom stereocenters. The second kappa shape index (κ2) is 6.99. The van der Waals surface area contributed by atoms with Gasteiger partial charge in [0.1, 0.15) is 5.82 Å².